The zero-order chi connectivity index (χ0) is 12.5. The molecule has 2 heterocycles. The van der Waals surface area contributed by atoms with Crippen molar-refractivity contribution in [3.8, 4) is 0 Å². The predicted molar refractivity (Wildman–Crippen MR) is 53.4 cm³/mol. The van der Waals surface area contributed by atoms with Crippen molar-refractivity contribution in [3.05, 3.63) is 18.0 Å². The minimum absolute atomic E-state index is 0.0535. The Hall–Kier alpha value is -1.40. The van der Waals surface area contributed by atoms with Crippen molar-refractivity contribution in [2.45, 2.75) is 25.2 Å². The Balaban J connectivity index is 2.21. The van der Waals surface area contributed by atoms with Gasteiger partial charge in [-0.05, 0) is 18.9 Å². The second-order valence-electron chi connectivity index (χ2n) is 3.93. The summed E-state index contributed by atoms with van der Waals surface area (Å²) in [6.07, 6.45) is -3.44. The van der Waals surface area contributed by atoms with E-state index in [0.29, 0.717) is 19.4 Å². The number of aromatic nitrogens is 2. The SMILES string of the molecule is FC1CCCN(c2nccc(C(F)(F)F)n2)C1. The zero-order valence-electron chi connectivity index (χ0n) is 8.91. The van der Waals surface area contributed by atoms with E-state index in [1.165, 1.54) is 4.90 Å². The summed E-state index contributed by atoms with van der Waals surface area (Å²) in [5.74, 6) is -0.0535. The van der Waals surface area contributed by atoms with E-state index < -0.39 is 18.0 Å². The molecule has 1 saturated heterocycles. The molecule has 0 spiro atoms. The predicted octanol–water partition coefficient (Wildman–Crippen LogP) is 2.43. The van der Waals surface area contributed by atoms with Gasteiger partial charge in [-0.15, -0.1) is 0 Å². The highest BCUT2D eigenvalue weighted by Crippen LogP contribution is 2.28. The summed E-state index contributed by atoms with van der Waals surface area (Å²) in [5, 5.41) is 0. The lowest BCUT2D eigenvalue weighted by Crippen LogP contribution is -2.37. The molecule has 1 aliphatic heterocycles. The van der Waals surface area contributed by atoms with Crippen molar-refractivity contribution in [2.75, 3.05) is 18.0 Å². The van der Waals surface area contributed by atoms with Crippen LogP contribution in [0.2, 0.25) is 0 Å². The van der Waals surface area contributed by atoms with Crippen LogP contribution in [0.25, 0.3) is 0 Å². The first kappa shape index (κ1) is 12.1. The molecule has 1 aliphatic rings. The van der Waals surface area contributed by atoms with Crippen LogP contribution < -0.4 is 4.90 Å². The average molecular weight is 249 g/mol. The summed E-state index contributed by atoms with van der Waals surface area (Å²) < 4.78 is 50.4. The minimum Gasteiger partial charge on any atom is -0.338 e. The van der Waals surface area contributed by atoms with E-state index in [-0.39, 0.29) is 12.5 Å². The molecule has 0 radical (unpaired) electrons. The van der Waals surface area contributed by atoms with E-state index in [1.54, 1.807) is 0 Å². The number of alkyl halides is 4. The van der Waals surface area contributed by atoms with Crippen LogP contribution in [-0.4, -0.2) is 29.2 Å². The van der Waals surface area contributed by atoms with Crippen molar-refractivity contribution in [3.63, 3.8) is 0 Å². The molecule has 3 nitrogen and oxygen atoms in total. The highest BCUT2D eigenvalue weighted by Gasteiger charge is 2.33. The molecule has 94 valence electrons. The molecule has 0 bridgehead atoms. The lowest BCUT2D eigenvalue weighted by Gasteiger charge is -2.29. The Kier molecular flexibility index (Phi) is 3.17. The maximum absolute atomic E-state index is 13.1. The first-order valence-electron chi connectivity index (χ1n) is 5.26. The molecule has 0 aliphatic carbocycles. The van der Waals surface area contributed by atoms with E-state index in [1.807, 2.05) is 0 Å². The number of piperidine rings is 1. The number of hydrogen-bond donors (Lipinski definition) is 0. The van der Waals surface area contributed by atoms with Crippen LogP contribution in [0.15, 0.2) is 12.3 Å². The molecular weight excluding hydrogens is 238 g/mol. The molecule has 2 rings (SSSR count). The fourth-order valence-electron chi connectivity index (χ4n) is 1.77. The summed E-state index contributed by atoms with van der Waals surface area (Å²) in [6, 6.07) is 0.806. The maximum atomic E-state index is 13.1. The Bertz CT molecular complexity index is 393. The first-order valence-corrected chi connectivity index (χ1v) is 5.26. The van der Waals surface area contributed by atoms with Gasteiger partial charge >= 0.3 is 6.18 Å². The molecule has 0 amide bonds. The summed E-state index contributed by atoms with van der Waals surface area (Å²) in [6.45, 7) is 0.545. The fourth-order valence-corrected chi connectivity index (χ4v) is 1.77. The first-order chi connectivity index (χ1) is 7.97. The van der Waals surface area contributed by atoms with Crippen molar-refractivity contribution < 1.29 is 17.6 Å². The molecule has 1 unspecified atom stereocenters. The Morgan fingerprint density at radius 1 is 1.35 bits per heavy atom. The van der Waals surface area contributed by atoms with Crippen LogP contribution in [0.4, 0.5) is 23.5 Å². The molecule has 1 aromatic heterocycles. The molecule has 17 heavy (non-hydrogen) atoms. The summed E-state index contributed by atoms with van der Waals surface area (Å²) in [5.41, 5.74) is -0.997. The molecule has 1 fully saturated rings. The number of hydrogen-bond acceptors (Lipinski definition) is 3. The van der Waals surface area contributed by atoms with E-state index in [4.69, 9.17) is 0 Å². The quantitative estimate of drug-likeness (QED) is 0.716. The monoisotopic (exact) mass is 249 g/mol. The summed E-state index contributed by atoms with van der Waals surface area (Å²) in [4.78, 5) is 8.63. The van der Waals surface area contributed by atoms with Crippen LogP contribution in [0.5, 0.6) is 0 Å². The van der Waals surface area contributed by atoms with E-state index in [9.17, 15) is 17.6 Å². The normalized spacial score (nSPS) is 21.6. The maximum Gasteiger partial charge on any atom is 0.433 e. The van der Waals surface area contributed by atoms with Gasteiger partial charge in [0.05, 0.1) is 6.54 Å². The van der Waals surface area contributed by atoms with Gasteiger partial charge in [0.25, 0.3) is 0 Å². The van der Waals surface area contributed by atoms with E-state index in [0.717, 1.165) is 12.3 Å². The lowest BCUT2D eigenvalue weighted by atomic mass is 10.1. The Morgan fingerprint density at radius 2 is 2.12 bits per heavy atom. The molecular formula is C10H11F4N3. The van der Waals surface area contributed by atoms with Gasteiger partial charge in [0.15, 0.2) is 0 Å². The fraction of sp³-hybridized carbons (Fsp3) is 0.600. The van der Waals surface area contributed by atoms with Crippen molar-refractivity contribution in [2.24, 2.45) is 0 Å². The standard InChI is InChI=1S/C10H11F4N3/c11-7-2-1-5-17(6-7)9-15-4-3-8(16-9)10(12,13)14/h3-4,7H,1-2,5-6H2. The molecule has 0 aromatic carbocycles. The third-order valence-electron chi connectivity index (χ3n) is 2.58. The van der Waals surface area contributed by atoms with Gasteiger partial charge in [-0.25, -0.2) is 14.4 Å². The average Bonchev–Trinajstić information content (AvgIpc) is 2.28. The molecule has 7 heteroatoms. The van der Waals surface area contributed by atoms with E-state index in [2.05, 4.69) is 9.97 Å². The third-order valence-corrected chi connectivity index (χ3v) is 2.58. The van der Waals surface area contributed by atoms with Gasteiger partial charge in [-0.2, -0.15) is 13.2 Å². The van der Waals surface area contributed by atoms with Crippen molar-refractivity contribution in [1.82, 2.24) is 9.97 Å². The third kappa shape index (κ3) is 2.83. The summed E-state index contributed by atoms with van der Waals surface area (Å²) in [7, 11) is 0. The number of rotatable bonds is 1. The van der Waals surface area contributed by atoms with Gasteiger partial charge < -0.3 is 4.90 Å². The van der Waals surface area contributed by atoms with Crippen LogP contribution in [0.1, 0.15) is 18.5 Å². The highest BCUT2D eigenvalue weighted by atomic mass is 19.4. The second-order valence-corrected chi connectivity index (χ2v) is 3.93. The van der Waals surface area contributed by atoms with Gasteiger partial charge in [0, 0.05) is 12.7 Å². The lowest BCUT2D eigenvalue weighted by molar-refractivity contribution is -0.141. The second kappa shape index (κ2) is 4.46. The Labute approximate surface area is 95.5 Å². The van der Waals surface area contributed by atoms with Crippen LogP contribution in [0.3, 0.4) is 0 Å². The van der Waals surface area contributed by atoms with Crippen LogP contribution in [-0.2, 0) is 6.18 Å². The largest absolute Gasteiger partial charge is 0.433 e. The highest BCUT2D eigenvalue weighted by molar-refractivity contribution is 5.31. The number of halogens is 4. The van der Waals surface area contributed by atoms with Gasteiger partial charge in [0.2, 0.25) is 5.95 Å². The van der Waals surface area contributed by atoms with Gasteiger partial charge in [-0.1, -0.05) is 0 Å². The topological polar surface area (TPSA) is 29.0 Å². The van der Waals surface area contributed by atoms with Gasteiger partial charge in [-0.3, -0.25) is 0 Å². The molecule has 0 saturated carbocycles. The zero-order valence-corrected chi connectivity index (χ0v) is 8.91. The molecule has 1 atom stereocenters. The number of anilines is 1. The van der Waals surface area contributed by atoms with Crippen molar-refractivity contribution >= 4 is 5.95 Å². The number of nitrogens with zero attached hydrogens (tertiary/aromatic N) is 3. The minimum atomic E-state index is -4.50. The van der Waals surface area contributed by atoms with Crippen LogP contribution in [0, 0.1) is 0 Å². The summed E-state index contributed by atoms with van der Waals surface area (Å²) >= 11 is 0. The molecule has 1 aromatic rings. The van der Waals surface area contributed by atoms with Crippen LogP contribution >= 0.6 is 0 Å². The van der Waals surface area contributed by atoms with E-state index >= 15 is 0 Å². The molecule has 0 N–H and O–H groups in total. The van der Waals surface area contributed by atoms with Gasteiger partial charge in [0.1, 0.15) is 11.9 Å². The smallest absolute Gasteiger partial charge is 0.338 e. The Morgan fingerprint density at radius 3 is 2.76 bits per heavy atom. The van der Waals surface area contributed by atoms with Crippen molar-refractivity contribution in [1.29, 1.82) is 0 Å².